The van der Waals surface area contributed by atoms with Crippen LogP contribution in [0, 0.1) is 6.92 Å². The minimum absolute atomic E-state index is 0. The molecule has 2 heterocycles. The van der Waals surface area contributed by atoms with Crippen molar-refractivity contribution in [2.45, 2.75) is 19.9 Å². The summed E-state index contributed by atoms with van der Waals surface area (Å²) in [6, 6.07) is 13.3. The van der Waals surface area contributed by atoms with Gasteiger partial charge in [0.1, 0.15) is 17.0 Å². The van der Waals surface area contributed by atoms with Crippen LogP contribution in [-0.4, -0.2) is 40.7 Å². The second-order valence-electron chi connectivity index (χ2n) is 7.06. The fourth-order valence-electron chi connectivity index (χ4n) is 3.28. The molecule has 0 aliphatic carbocycles. The molecule has 9 heteroatoms. The molecule has 0 fully saturated rings. The van der Waals surface area contributed by atoms with E-state index in [1.54, 1.807) is 24.5 Å². The highest BCUT2D eigenvalue weighted by Gasteiger charge is 2.22. The number of rotatable bonds is 9. The highest BCUT2D eigenvalue weighted by Crippen LogP contribution is 2.36. The van der Waals surface area contributed by atoms with Crippen molar-refractivity contribution in [3.8, 4) is 11.5 Å². The summed E-state index contributed by atoms with van der Waals surface area (Å²) in [5.74, 6) is 1.23. The van der Waals surface area contributed by atoms with Crippen LogP contribution in [0.3, 0.4) is 0 Å². The SMILES string of the molecule is COc1ccc(C)c2sc(N(CCCn3ccnc3)C(=O)COc3ccccc3)nc12.Cl. The Balaban J connectivity index is 0.00000289. The van der Waals surface area contributed by atoms with Crippen LogP contribution < -0.4 is 14.4 Å². The summed E-state index contributed by atoms with van der Waals surface area (Å²) in [5.41, 5.74) is 1.88. The van der Waals surface area contributed by atoms with Crippen LogP contribution in [-0.2, 0) is 11.3 Å². The van der Waals surface area contributed by atoms with Crippen LogP contribution >= 0.6 is 23.7 Å². The molecule has 168 valence electrons. The molecule has 0 aliphatic heterocycles. The standard InChI is InChI=1S/C23H24N4O3S.ClH/c1-17-9-10-19(29-2)21-22(17)31-23(25-21)27(13-6-12-26-14-11-24-16-26)20(28)15-30-18-7-4-3-5-8-18;/h3-5,7-11,14,16H,6,12-13,15H2,1-2H3;1H. The number of aromatic nitrogens is 3. The lowest BCUT2D eigenvalue weighted by Gasteiger charge is -2.20. The second-order valence-corrected chi connectivity index (χ2v) is 8.04. The van der Waals surface area contributed by atoms with Gasteiger partial charge in [-0.3, -0.25) is 9.69 Å². The largest absolute Gasteiger partial charge is 0.494 e. The summed E-state index contributed by atoms with van der Waals surface area (Å²) in [6.07, 6.45) is 6.20. The van der Waals surface area contributed by atoms with Crippen molar-refractivity contribution in [3.63, 3.8) is 0 Å². The van der Waals surface area contributed by atoms with Gasteiger partial charge in [-0.15, -0.1) is 12.4 Å². The Hall–Kier alpha value is -3.10. The minimum atomic E-state index is -0.134. The Labute approximate surface area is 197 Å². The Bertz CT molecular complexity index is 1150. The van der Waals surface area contributed by atoms with Crippen molar-refractivity contribution in [2.75, 3.05) is 25.2 Å². The van der Waals surface area contributed by atoms with E-state index in [2.05, 4.69) is 4.98 Å². The fourth-order valence-corrected chi connectivity index (χ4v) is 4.37. The van der Waals surface area contributed by atoms with E-state index in [4.69, 9.17) is 14.5 Å². The van der Waals surface area contributed by atoms with E-state index < -0.39 is 0 Å². The van der Waals surface area contributed by atoms with Crippen molar-refractivity contribution < 1.29 is 14.3 Å². The van der Waals surface area contributed by atoms with E-state index in [1.165, 1.54) is 11.3 Å². The number of amides is 1. The number of hydrogen-bond acceptors (Lipinski definition) is 6. The number of methoxy groups -OCH3 is 1. The zero-order chi connectivity index (χ0) is 21.6. The first-order valence-electron chi connectivity index (χ1n) is 10.0. The highest BCUT2D eigenvalue weighted by atomic mass is 35.5. The number of benzene rings is 2. The van der Waals surface area contributed by atoms with Crippen LogP contribution in [0.2, 0.25) is 0 Å². The minimum Gasteiger partial charge on any atom is -0.494 e. The Morgan fingerprint density at radius 3 is 2.72 bits per heavy atom. The van der Waals surface area contributed by atoms with Gasteiger partial charge < -0.3 is 14.0 Å². The third-order valence-corrected chi connectivity index (χ3v) is 6.12. The lowest BCUT2D eigenvalue weighted by molar-refractivity contribution is -0.120. The summed E-state index contributed by atoms with van der Waals surface area (Å²) in [5, 5.41) is 0.648. The molecule has 0 bridgehead atoms. The molecule has 32 heavy (non-hydrogen) atoms. The van der Waals surface area contributed by atoms with Gasteiger partial charge in [0.25, 0.3) is 5.91 Å². The molecular formula is C23H25ClN4O3S. The molecule has 4 rings (SSSR count). The molecular weight excluding hydrogens is 448 g/mol. The van der Waals surface area contributed by atoms with E-state index in [-0.39, 0.29) is 24.9 Å². The maximum Gasteiger partial charge on any atom is 0.266 e. The van der Waals surface area contributed by atoms with Gasteiger partial charge >= 0.3 is 0 Å². The number of thiazole rings is 1. The quantitative estimate of drug-likeness (QED) is 0.352. The van der Waals surface area contributed by atoms with Gasteiger partial charge in [0, 0.05) is 25.5 Å². The second kappa shape index (κ2) is 11.0. The molecule has 0 atom stereocenters. The molecule has 0 N–H and O–H groups in total. The van der Waals surface area contributed by atoms with Gasteiger partial charge in [-0.05, 0) is 37.1 Å². The Kier molecular flexibility index (Phi) is 8.08. The normalized spacial score (nSPS) is 10.6. The predicted molar refractivity (Wildman–Crippen MR) is 129 cm³/mol. The molecule has 0 spiro atoms. The van der Waals surface area contributed by atoms with Crippen LogP contribution in [0.5, 0.6) is 11.5 Å². The Morgan fingerprint density at radius 1 is 1.19 bits per heavy atom. The molecule has 7 nitrogen and oxygen atoms in total. The number of para-hydroxylation sites is 1. The molecule has 0 aliphatic rings. The maximum absolute atomic E-state index is 13.1. The van der Waals surface area contributed by atoms with Crippen LogP contribution in [0.15, 0.2) is 61.2 Å². The number of carbonyl (C=O) groups is 1. The molecule has 1 amide bonds. The van der Waals surface area contributed by atoms with Crippen LogP contribution in [0.25, 0.3) is 10.2 Å². The number of aryl methyl sites for hydroxylation is 2. The van der Waals surface area contributed by atoms with Crippen molar-refractivity contribution in [2.24, 2.45) is 0 Å². The maximum atomic E-state index is 13.1. The van der Waals surface area contributed by atoms with Gasteiger partial charge in [-0.2, -0.15) is 0 Å². The molecule has 0 radical (unpaired) electrons. The first kappa shape index (κ1) is 23.6. The van der Waals surface area contributed by atoms with E-state index in [0.29, 0.717) is 23.2 Å². The van der Waals surface area contributed by atoms with Crippen molar-refractivity contribution >= 4 is 45.0 Å². The number of ether oxygens (including phenoxy) is 2. The van der Waals surface area contributed by atoms with E-state index in [1.807, 2.05) is 60.2 Å². The topological polar surface area (TPSA) is 69.5 Å². The van der Waals surface area contributed by atoms with Gasteiger partial charge in [-0.25, -0.2) is 9.97 Å². The smallest absolute Gasteiger partial charge is 0.266 e. The molecule has 2 aromatic heterocycles. The lowest BCUT2D eigenvalue weighted by Crippen LogP contribution is -2.36. The van der Waals surface area contributed by atoms with Crippen molar-refractivity contribution in [1.29, 1.82) is 0 Å². The van der Waals surface area contributed by atoms with Crippen LogP contribution in [0.1, 0.15) is 12.0 Å². The van der Waals surface area contributed by atoms with Gasteiger partial charge in [-0.1, -0.05) is 35.6 Å². The predicted octanol–water partition coefficient (Wildman–Crippen LogP) is 4.73. The zero-order valence-corrected chi connectivity index (χ0v) is 19.6. The number of fused-ring (bicyclic) bond motifs is 1. The summed E-state index contributed by atoms with van der Waals surface area (Å²) < 4.78 is 14.2. The van der Waals surface area contributed by atoms with Gasteiger partial charge in [0.2, 0.25) is 0 Å². The third kappa shape index (κ3) is 5.38. The number of halogens is 1. The van der Waals surface area contributed by atoms with E-state index >= 15 is 0 Å². The highest BCUT2D eigenvalue weighted by molar-refractivity contribution is 7.22. The number of carbonyl (C=O) groups excluding carboxylic acids is 1. The third-order valence-electron chi connectivity index (χ3n) is 4.91. The molecule has 2 aromatic carbocycles. The number of anilines is 1. The first-order chi connectivity index (χ1) is 15.2. The summed E-state index contributed by atoms with van der Waals surface area (Å²) in [4.78, 5) is 23.7. The van der Waals surface area contributed by atoms with Crippen molar-refractivity contribution in [1.82, 2.24) is 14.5 Å². The van der Waals surface area contributed by atoms with Gasteiger partial charge in [0.05, 0.1) is 18.1 Å². The summed E-state index contributed by atoms with van der Waals surface area (Å²) >= 11 is 1.50. The van der Waals surface area contributed by atoms with E-state index in [9.17, 15) is 4.79 Å². The fraction of sp³-hybridized carbons (Fsp3) is 0.261. The Morgan fingerprint density at radius 2 is 2.00 bits per heavy atom. The monoisotopic (exact) mass is 472 g/mol. The first-order valence-corrected chi connectivity index (χ1v) is 10.9. The lowest BCUT2D eigenvalue weighted by atomic mass is 10.2. The summed E-state index contributed by atoms with van der Waals surface area (Å²) in [7, 11) is 1.63. The molecule has 0 saturated carbocycles. The zero-order valence-electron chi connectivity index (χ0n) is 17.9. The van der Waals surface area contributed by atoms with Crippen LogP contribution in [0.4, 0.5) is 5.13 Å². The van der Waals surface area contributed by atoms with Gasteiger partial charge in [0.15, 0.2) is 11.7 Å². The number of nitrogens with zero attached hydrogens (tertiary/aromatic N) is 4. The number of hydrogen-bond donors (Lipinski definition) is 0. The average molecular weight is 473 g/mol. The number of imidazole rings is 1. The average Bonchev–Trinajstić information content (AvgIpc) is 3.47. The summed E-state index contributed by atoms with van der Waals surface area (Å²) in [6.45, 7) is 3.27. The molecule has 4 aromatic rings. The molecule has 0 unspecified atom stereocenters. The molecule has 0 saturated heterocycles. The van der Waals surface area contributed by atoms with E-state index in [0.717, 1.165) is 28.7 Å². The van der Waals surface area contributed by atoms with Crippen molar-refractivity contribution in [3.05, 3.63) is 66.7 Å².